The van der Waals surface area contributed by atoms with Crippen LogP contribution in [0.15, 0.2) is 0 Å². The van der Waals surface area contributed by atoms with Crippen LogP contribution in [-0.4, -0.2) is 92.8 Å². The highest BCUT2D eigenvalue weighted by molar-refractivity contribution is 4.79. The molecule has 0 fully saturated rings. The van der Waals surface area contributed by atoms with Gasteiger partial charge in [-0.25, -0.2) is 0 Å². The van der Waals surface area contributed by atoms with Gasteiger partial charge in [0.2, 0.25) is 0 Å². The van der Waals surface area contributed by atoms with Crippen LogP contribution in [0, 0.1) is 0 Å². The second kappa shape index (κ2) is 12.8. The van der Waals surface area contributed by atoms with Gasteiger partial charge in [-0.2, -0.15) is 0 Å². The monoisotopic (exact) mass is 279 g/mol. The number of aliphatic hydroxyl groups is 2. The molecule has 0 bridgehead atoms. The molecule has 6 nitrogen and oxygen atoms in total. The summed E-state index contributed by atoms with van der Waals surface area (Å²) in [6.07, 6.45) is 0. The van der Waals surface area contributed by atoms with Gasteiger partial charge < -0.3 is 25.6 Å². The molecule has 0 aromatic heterocycles. The van der Waals surface area contributed by atoms with Gasteiger partial charge in [-0.1, -0.05) is 0 Å². The van der Waals surface area contributed by atoms with Gasteiger partial charge in [-0.15, -0.1) is 0 Å². The Balaban J connectivity index is 0. The minimum Gasteiger partial charge on any atom is -0.395 e. The van der Waals surface area contributed by atoms with Gasteiger partial charge in [0.1, 0.15) is 0 Å². The van der Waals surface area contributed by atoms with Crippen molar-refractivity contribution in [3.05, 3.63) is 0 Å². The molecule has 118 valence electrons. The van der Waals surface area contributed by atoms with E-state index in [0.717, 1.165) is 6.54 Å². The molecule has 19 heavy (non-hydrogen) atoms. The van der Waals surface area contributed by atoms with Gasteiger partial charge >= 0.3 is 0 Å². The van der Waals surface area contributed by atoms with Crippen LogP contribution in [-0.2, 0) is 4.74 Å². The van der Waals surface area contributed by atoms with Gasteiger partial charge in [0.15, 0.2) is 0 Å². The number of likely N-dealkylation sites (N-methyl/N-ethyl adjacent to an activating group) is 2. The van der Waals surface area contributed by atoms with Crippen molar-refractivity contribution in [2.45, 2.75) is 19.4 Å². The quantitative estimate of drug-likeness (QED) is 0.480. The van der Waals surface area contributed by atoms with E-state index in [0.29, 0.717) is 26.3 Å². The molecular formula is C13H33N3O3. The van der Waals surface area contributed by atoms with Crippen molar-refractivity contribution in [1.82, 2.24) is 9.80 Å². The zero-order chi connectivity index (χ0) is 15.3. The number of aliphatic hydroxyl groups excluding tert-OH is 2. The van der Waals surface area contributed by atoms with Crippen molar-refractivity contribution in [2.24, 2.45) is 5.73 Å². The summed E-state index contributed by atoms with van der Waals surface area (Å²) in [5, 5.41) is 16.9. The number of hydrogen-bond acceptors (Lipinski definition) is 6. The molecular weight excluding hydrogens is 246 g/mol. The van der Waals surface area contributed by atoms with Gasteiger partial charge in [0.05, 0.1) is 26.4 Å². The average molecular weight is 279 g/mol. The standard InChI is InChI=1S/C7H18N2O.C6H15NO2/c1-7(2,6-8)9(3)4-5-10;1-7(2)3-5-9-6-4-8/h10H,4-6,8H2,1-3H3;8H,3-6H2,1-2H3. The van der Waals surface area contributed by atoms with Crippen molar-refractivity contribution in [3.8, 4) is 0 Å². The zero-order valence-electron chi connectivity index (χ0n) is 13.2. The van der Waals surface area contributed by atoms with Crippen molar-refractivity contribution in [2.75, 3.05) is 67.2 Å². The number of rotatable bonds is 9. The third-order valence-electron chi connectivity index (χ3n) is 2.89. The Labute approximate surface area is 118 Å². The molecule has 0 rings (SSSR count). The Morgan fingerprint density at radius 1 is 1.00 bits per heavy atom. The minimum absolute atomic E-state index is 0.00271. The molecule has 4 N–H and O–H groups in total. The smallest absolute Gasteiger partial charge is 0.0698 e. The maximum absolute atomic E-state index is 8.61. The first-order chi connectivity index (χ1) is 8.81. The van der Waals surface area contributed by atoms with E-state index >= 15 is 0 Å². The highest BCUT2D eigenvalue weighted by Crippen LogP contribution is 2.08. The van der Waals surface area contributed by atoms with Crippen molar-refractivity contribution >= 4 is 0 Å². The lowest BCUT2D eigenvalue weighted by atomic mass is 10.0. The summed E-state index contributed by atoms with van der Waals surface area (Å²) < 4.78 is 5.00. The first-order valence-electron chi connectivity index (χ1n) is 6.67. The van der Waals surface area contributed by atoms with Crippen molar-refractivity contribution in [1.29, 1.82) is 0 Å². The number of nitrogens with two attached hydrogens (primary N) is 1. The molecule has 0 spiro atoms. The Morgan fingerprint density at radius 2 is 1.58 bits per heavy atom. The number of β-amino-alcohol motifs (C(OH)–C–C–N with tert-alkyl or cyclic N) is 1. The fourth-order valence-electron chi connectivity index (χ4n) is 1.02. The average Bonchev–Trinajstić information content (AvgIpc) is 2.35. The van der Waals surface area contributed by atoms with E-state index in [9.17, 15) is 0 Å². The Morgan fingerprint density at radius 3 is 1.95 bits per heavy atom. The Kier molecular flexibility index (Phi) is 14.2. The largest absolute Gasteiger partial charge is 0.395 e. The molecule has 0 atom stereocenters. The molecule has 6 heteroatoms. The van der Waals surface area contributed by atoms with Gasteiger partial charge in [0.25, 0.3) is 0 Å². The molecule has 0 amide bonds. The number of hydrogen-bond donors (Lipinski definition) is 3. The first kappa shape index (κ1) is 21.1. The topological polar surface area (TPSA) is 82.2 Å². The van der Waals surface area contributed by atoms with E-state index < -0.39 is 0 Å². The normalized spacial score (nSPS) is 11.7. The number of ether oxygens (including phenoxy) is 1. The van der Waals surface area contributed by atoms with Crippen LogP contribution >= 0.6 is 0 Å². The van der Waals surface area contributed by atoms with Crippen LogP contribution in [0.1, 0.15) is 13.8 Å². The highest BCUT2D eigenvalue weighted by Gasteiger charge is 2.20. The summed E-state index contributed by atoms with van der Waals surface area (Å²) in [7, 11) is 5.94. The van der Waals surface area contributed by atoms with E-state index in [2.05, 4.69) is 13.8 Å². The van der Waals surface area contributed by atoms with Crippen LogP contribution in [0.5, 0.6) is 0 Å². The van der Waals surface area contributed by atoms with Gasteiger partial charge in [-0.05, 0) is 35.0 Å². The molecule has 0 aromatic carbocycles. The molecule has 0 aliphatic carbocycles. The van der Waals surface area contributed by atoms with E-state index in [1.54, 1.807) is 0 Å². The molecule has 0 heterocycles. The summed E-state index contributed by atoms with van der Waals surface area (Å²) in [6, 6.07) is 0. The lowest BCUT2D eigenvalue weighted by Crippen LogP contribution is -2.48. The predicted molar refractivity (Wildman–Crippen MR) is 79.3 cm³/mol. The molecule has 0 aliphatic rings. The van der Waals surface area contributed by atoms with E-state index in [1.165, 1.54) is 0 Å². The first-order valence-corrected chi connectivity index (χ1v) is 6.67. The molecule has 0 aromatic rings. The Bertz CT molecular complexity index is 190. The summed E-state index contributed by atoms with van der Waals surface area (Å²) >= 11 is 0. The molecule has 0 saturated heterocycles. The summed E-state index contributed by atoms with van der Waals surface area (Å²) in [4.78, 5) is 4.09. The van der Waals surface area contributed by atoms with E-state index in [4.69, 9.17) is 20.7 Å². The van der Waals surface area contributed by atoms with Crippen molar-refractivity contribution in [3.63, 3.8) is 0 Å². The lowest BCUT2D eigenvalue weighted by Gasteiger charge is -2.33. The van der Waals surface area contributed by atoms with Crippen LogP contribution < -0.4 is 5.73 Å². The minimum atomic E-state index is 0.00271. The SMILES string of the molecule is CN(C)CCOCCO.CN(CCO)C(C)(C)CN. The maximum Gasteiger partial charge on any atom is 0.0698 e. The molecule has 0 radical (unpaired) electrons. The lowest BCUT2D eigenvalue weighted by molar-refractivity contribution is 0.0821. The van der Waals surface area contributed by atoms with E-state index in [1.807, 2.05) is 30.9 Å². The van der Waals surface area contributed by atoms with Crippen LogP contribution in [0.4, 0.5) is 0 Å². The van der Waals surface area contributed by atoms with Crippen LogP contribution in [0.2, 0.25) is 0 Å². The zero-order valence-corrected chi connectivity index (χ0v) is 13.2. The summed E-state index contributed by atoms with van der Waals surface area (Å²) in [5.41, 5.74) is 5.52. The third-order valence-corrected chi connectivity index (χ3v) is 2.89. The Hall–Kier alpha value is -0.240. The summed E-state index contributed by atoms with van der Waals surface area (Å²) in [6.45, 7) is 7.80. The second-order valence-corrected chi connectivity index (χ2v) is 5.30. The number of nitrogens with zero attached hydrogens (tertiary/aromatic N) is 2. The fraction of sp³-hybridized carbons (Fsp3) is 1.00. The summed E-state index contributed by atoms with van der Waals surface area (Å²) in [5.74, 6) is 0. The van der Waals surface area contributed by atoms with Gasteiger partial charge in [-0.3, -0.25) is 4.90 Å². The maximum atomic E-state index is 8.61. The van der Waals surface area contributed by atoms with Crippen LogP contribution in [0.3, 0.4) is 0 Å². The molecule has 0 aliphatic heterocycles. The van der Waals surface area contributed by atoms with E-state index in [-0.39, 0.29) is 18.8 Å². The molecule has 0 saturated carbocycles. The second-order valence-electron chi connectivity index (χ2n) is 5.30. The van der Waals surface area contributed by atoms with Crippen molar-refractivity contribution < 1.29 is 14.9 Å². The van der Waals surface area contributed by atoms with Crippen LogP contribution in [0.25, 0.3) is 0 Å². The predicted octanol–water partition coefficient (Wildman–Crippen LogP) is -0.795. The third kappa shape index (κ3) is 14.0. The van der Waals surface area contributed by atoms with Gasteiger partial charge in [0, 0.05) is 25.2 Å². The molecule has 0 unspecified atom stereocenters. The highest BCUT2D eigenvalue weighted by atomic mass is 16.5. The fourth-order valence-corrected chi connectivity index (χ4v) is 1.02.